The summed E-state index contributed by atoms with van der Waals surface area (Å²) in [5.41, 5.74) is 34.7. The molecule has 2 aliphatic heterocycles. The number of fused-ring (bicyclic) bond motifs is 7. The van der Waals surface area contributed by atoms with E-state index in [-0.39, 0.29) is 6.71 Å². The predicted molar refractivity (Wildman–Crippen MR) is 438 cm³/mol. The summed E-state index contributed by atoms with van der Waals surface area (Å²) in [5, 5.41) is 13.7. The first-order valence-electron chi connectivity index (χ1n) is 35.8. The fourth-order valence-electron chi connectivity index (χ4n) is 18.2. The molecule has 0 saturated carbocycles. The molecule has 14 aromatic rings. The van der Waals surface area contributed by atoms with Gasteiger partial charge in [-0.1, -0.05) is 253 Å². The number of benzene rings is 13. The Morgan fingerprint density at radius 2 is 0.530 bits per heavy atom. The van der Waals surface area contributed by atoms with Gasteiger partial charge in [-0.05, 0) is 247 Å². The van der Waals surface area contributed by atoms with Crippen LogP contribution in [0.1, 0.15) is 89.0 Å². The Labute approximate surface area is 595 Å². The van der Waals surface area contributed by atoms with Gasteiger partial charge >= 0.3 is 0 Å². The topological polar surface area (TPSA) is 11.4 Å². The summed E-state index contributed by atoms with van der Waals surface area (Å²) in [7, 11) is -6.33. The summed E-state index contributed by atoms with van der Waals surface area (Å²) in [6, 6.07) is 97.9. The van der Waals surface area contributed by atoms with Crippen LogP contribution in [0.3, 0.4) is 0 Å². The second kappa shape index (κ2) is 24.3. The molecule has 0 fully saturated rings. The average molecular weight is 1330 g/mol. The highest BCUT2D eigenvalue weighted by atomic mass is 28.3. The first-order valence-corrected chi connectivity index (χ1v) is 39.8. The van der Waals surface area contributed by atoms with Crippen LogP contribution >= 0.6 is 0 Å². The molecular formula is C94H88BN3Si2. The molecule has 0 amide bonds. The third-order valence-corrected chi connectivity index (χ3v) is 31.1. The van der Waals surface area contributed by atoms with Gasteiger partial charge in [-0.3, -0.25) is 0 Å². The minimum atomic E-state index is -3.23. The first-order chi connectivity index (χ1) is 48.0. The van der Waals surface area contributed by atoms with Crippen molar-refractivity contribution < 1.29 is 0 Å². The molecule has 0 spiro atoms. The van der Waals surface area contributed by atoms with E-state index >= 15 is 0 Å². The van der Waals surface area contributed by atoms with Gasteiger partial charge in [0.2, 0.25) is 0 Å². The van der Waals surface area contributed by atoms with Crippen molar-refractivity contribution in [2.24, 2.45) is 0 Å². The molecule has 6 heteroatoms. The number of aromatic nitrogens is 1. The van der Waals surface area contributed by atoms with Crippen molar-refractivity contribution in [2.75, 3.05) is 9.80 Å². The third-order valence-electron chi connectivity index (χ3n) is 21.8. The van der Waals surface area contributed by atoms with Crippen LogP contribution in [0, 0.1) is 111 Å². The normalized spacial score (nSPS) is 12.7. The molecular weight excluding hydrogens is 1240 g/mol. The smallest absolute Gasteiger partial charge is 0.252 e. The van der Waals surface area contributed by atoms with Crippen molar-refractivity contribution in [3.05, 3.63) is 332 Å². The van der Waals surface area contributed by atoms with E-state index in [1.165, 1.54) is 191 Å². The highest BCUT2D eigenvalue weighted by molar-refractivity contribution is 7.21. The maximum atomic E-state index is 2.72. The molecule has 0 N–H and O–H groups in total. The van der Waals surface area contributed by atoms with E-state index in [2.05, 4.69) is 368 Å². The maximum absolute atomic E-state index is 3.23. The van der Waals surface area contributed by atoms with E-state index in [4.69, 9.17) is 0 Å². The SMILES string of the molecule is Cc1ccc(N2c3cc(C)ccc3B3c4cc([Si](c5cc(C)cc(C)c5)(c5cc(C)cc(C)c5)c5cc(C)cc(C)c5)ccc4N(c4ccc([Si](c5cc(C)cc(C)c5)(c5cc(C)cc(C)c5)c5cc(C)cc(C)c5)cc4)c4cc(-n5c6ccc(C)cc6c6cc(C)ccc65)cc2c43)cc1. The minimum absolute atomic E-state index is 0.159. The third kappa shape index (κ3) is 10.6. The standard InChI is InChI=1S/C94H88BN3Si2/c1-57-17-22-73(23-18-57)97-91-53-60(4)19-29-86(91)95-87-56-77(100(81-45-67(11)36-68(12)46-81,82-47-69(13)37-70(14)48-82)83-49-71(15)38-72(16)50-83)28-32-90(87)96(92-54-75(55-93(97)94(92)95)98-88-30-20-58(2)51-84(88)85-52-59(3)21-31-89(85)98)74-24-26-76(27-25-74)99(78-39-61(5)33-62(6)40-78,79-41-63(7)34-64(8)42-79)80-43-65(9)35-66(10)44-80/h17-56H,1-16H3. The number of nitrogens with zero attached hydrogens (tertiary/aromatic N) is 3. The molecule has 0 unspecified atom stereocenters. The molecule has 0 atom stereocenters. The lowest BCUT2D eigenvalue weighted by atomic mass is 9.33. The molecule has 0 bridgehead atoms. The molecule has 16 rings (SSSR count). The summed E-state index contributed by atoms with van der Waals surface area (Å²) in [6.45, 7) is 36.2. The van der Waals surface area contributed by atoms with E-state index in [0.29, 0.717) is 0 Å². The summed E-state index contributed by atoms with van der Waals surface area (Å²) >= 11 is 0. The summed E-state index contributed by atoms with van der Waals surface area (Å²) in [5.74, 6) is 0. The quantitative estimate of drug-likeness (QED) is 0.0944. The lowest BCUT2D eigenvalue weighted by molar-refractivity contribution is 1.16. The summed E-state index contributed by atoms with van der Waals surface area (Å²) < 4.78 is 2.56. The lowest BCUT2D eigenvalue weighted by Gasteiger charge is -2.45. The van der Waals surface area contributed by atoms with Crippen LogP contribution in [-0.4, -0.2) is 27.4 Å². The fourth-order valence-corrected chi connectivity index (χ4v) is 28.9. The lowest BCUT2D eigenvalue weighted by Crippen LogP contribution is -2.75. The van der Waals surface area contributed by atoms with Gasteiger partial charge in [0.25, 0.3) is 6.71 Å². The Balaban J connectivity index is 1.06. The molecule has 100 heavy (non-hydrogen) atoms. The van der Waals surface area contributed by atoms with Crippen molar-refractivity contribution in [1.29, 1.82) is 0 Å². The predicted octanol–water partition coefficient (Wildman–Crippen LogP) is 16.6. The number of anilines is 6. The van der Waals surface area contributed by atoms with Crippen LogP contribution in [0.25, 0.3) is 27.5 Å². The van der Waals surface area contributed by atoms with Gasteiger partial charge in [0, 0.05) is 44.9 Å². The monoisotopic (exact) mass is 1330 g/mol. The Morgan fingerprint density at radius 1 is 0.210 bits per heavy atom. The zero-order valence-electron chi connectivity index (χ0n) is 61.0. The van der Waals surface area contributed by atoms with Crippen LogP contribution in [0.2, 0.25) is 0 Å². The van der Waals surface area contributed by atoms with Crippen LogP contribution < -0.4 is 67.7 Å². The van der Waals surface area contributed by atoms with Crippen LogP contribution in [0.15, 0.2) is 243 Å². The summed E-state index contributed by atoms with van der Waals surface area (Å²) in [4.78, 5) is 5.29. The molecule has 2 aliphatic rings. The molecule has 3 heterocycles. The Hall–Kier alpha value is -10.2. The highest BCUT2D eigenvalue weighted by Gasteiger charge is 2.49. The Morgan fingerprint density at radius 3 is 0.920 bits per heavy atom. The van der Waals surface area contributed by atoms with Crippen molar-refractivity contribution in [3.63, 3.8) is 0 Å². The van der Waals surface area contributed by atoms with Crippen molar-refractivity contribution in [3.8, 4) is 5.69 Å². The van der Waals surface area contributed by atoms with E-state index in [1.807, 2.05) is 0 Å². The van der Waals surface area contributed by atoms with Crippen molar-refractivity contribution >= 4 is 137 Å². The van der Waals surface area contributed by atoms with Gasteiger partial charge < -0.3 is 14.4 Å². The Bertz CT molecular complexity index is 5280. The largest absolute Gasteiger partial charge is 0.311 e. The molecule has 1 aromatic heterocycles. The number of rotatable bonds is 11. The molecule has 0 radical (unpaired) electrons. The number of hydrogen-bond donors (Lipinski definition) is 0. The van der Waals surface area contributed by atoms with Crippen molar-refractivity contribution in [1.82, 2.24) is 4.57 Å². The van der Waals surface area contributed by atoms with E-state index in [9.17, 15) is 0 Å². The zero-order valence-corrected chi connectivity index (χ0v) is 63.0. The number of hydrogen-bond acceptors (Lipinski definition) is 2. The van der Waals surface area contributed by atoms with Gasteiger partial charge in [0.1, 0.15) is 0 Å². The van der Waals surface area contributed by atoms with E-state index in [0.717, 1.165) is 17.1 Å². The van der Waals surface area contributed by atoms with Gasteiger partial charge in [-0.15, -0.1) is 0 Å². The summed E-state index contributed by atoms with van der Waals surface area (Å²) in [6.07, 6.45) is 0. The van der Waals surface area contributed by atoms with Gasteiger partial charge in [-0.25, -0.2) is 0 Å². The molecule has 3 nitrogen and oxygen atoms in total. The zero-order chi connectivity index (χ0) is 69.5. The van der Waals surface area contributed by atoms with Gasteiger partial charge in [-0.2, -0.15) is 0 Å². The second-order valence-electron chi connectivity index (χ2n) is 30.4. The van der Waals surface area contributed by atoms with Gasteiger partial charge in [0.05, 0.1) is 16.7 Å². The van der Waals surface area contributed by atoms with Crippen LogP contribution in [-0.2, 0) is 0 Å². The molecule has 13 aromatic carbocycles. The van der Waals surface area contributed by atoms with E-state index in [1.54, 1.807) is 0 Å². The maximum Gasteiger partial charge on any atom is 0.252 e. The molecule has 0 saturated heterocycles. The molecule has 0 aliphatic carbocycles. The fraction of sp³-hybridized carbons (Fsp3) is 0.170. The number of aryl methyl sites for hydroxylation is 16. The Kier molecular flexibility index (Phi) is 15.7. The molecule has 490 valence electrons. The average Bonchev–Trinajstić information content (AvgIpc) is 0.819. The van der Waals surface area contributed by atoms with Crippen molar-refractivity contribution in [2.45, 2.75) is 111 Å². The minimum Gasteiger partial charge on any atom is -0.311 e. The van der Waals surface area contributed by atoms with Gasteiger partial charge in [0.15, 0.2) is 16.1 Å². The highest BCUT2D eigenvalue weighted by Crippen LogP contribution is 2.47. The van der Waals surface area contributed by atoms with E-state index < -0.39 is 16.1 Å². The van der Waals surface area contributed by atoms with Crippen LogP contribution in [0.4, 0.5) is 34.1 Å². The second-order valence-corrected chi connectivity index (χ2v) is 38.0. The van der Waals surface area contributed by atoms with Crippen LogP contribution in [0.5, 0.6) is 0 Å². The first kappa shape index (κ1) is 64.4.